The van der Waals surface area contributed by atoms with Crippen LogP contribution >= 0.6 is 0 Å². The lowest BCUT2D eigenvalue weighted by molar-refractivity contribution is -0.164. The van der Waals surface area contributed by atoms with Crippen molar-refractivity contribution < 1.29 is 28.6 Å². The van der Waals surface area contributed by atoms with Crippen LogP contribution in [0.3, 0.4) is 0 Å². The van der Waals surface area contributed by atoms with E-state index in [2.05, 4.69) is 6.58 Å². The van der Waals surface area contributed by atoms with Gasteiger partial charge in [0.25, 0.3) is 0 Å². The molecule has 0 radical (unpaired) electrons. The lowest BCUT2D eigenvalue weighted by Crippen LogP contribution is -2.36. The number of carbonyl (C=O) groups excluding carboxylic acids is 3. The normalized spacial score (nSPS) is 11.9. The lowest BCUT2D eigenvalue weighted by Gasteiger charge is -2.27. The van der Waals surface area contributed by atoms with E-state index in [0.717, 1.165) is 6.08 Å². The number of hydrogen-bond donors (Lipinski definition) is 0. The maximum atomic E-state index is 12.1. The summed E-state index contributed by atoms with van der Waals surface area (Å²) in [6.45, 7) is 12.0. The van der Waals surface area contributed by atoms with Crippen molar-refractivity contribution in [1.29, 1.82) is 0 Å². The van der Waals surface area contributed by atoms with Gasteiger partial charge in [0, 0.05) is 17.6 Å². The Hall–Kier alpha value is -2.11. The average Bonchev–Trinajstić information content (AvgIpc) is 2.48. The van der Waals surface area contributed by atoms with Gasteiger partial charge in [-0.15, -0.1) is 0 Å². The Morgan fingerprint density at radius 1 is 0.913 bits per heavy atom. The lowest BCUT2D eigenvalue weighted by atomic mass is 9.93. The first-order valence-corrected chi connectivity index (χ1v) is 7.30. The van der Waals surface area contributed by atoms with Gasteiger partial charge in [0.1, 0.15) is 6.61 Å². The molecule has 0 aliphatic rings. The van der Waals surface area contributed by atoms with Gasteiger partial charge in [-0.05, 0) is 20.8 Å². The maximum Gasteiger partial charge on any atom is 0.330 e. The fourth-order valence-corrected chi connectivity index (χ4v) is 1.32. The van der Waals surface area contributed by atoms with Gasteiger partial charge in [0.15, 0.2) is 0 Å². The van der Waals surface area contributed by atoms with Crippen LogP contribution in [0.15, 0.2) is 24.8 Å². The van der Waals surface area contributed by atoms with E-state index in [9.17, 15) is 14.4 Å². The minimum atomic E-state index is -0.967. The van der Waals surface area contributed by atoms with Crippen LogP contribution in [0.5, 0.6) is 0 Å². The molecule has 23 heavy (non-hydrogen) atoms. The van der Waals surface area contributed by atoms with Crippen LogP contribution in [-0.4, -0.2) is 37.7 Å². The van der Waals surface area contributed by atoms with Crippen molar-refractivity contribution in [2.75, 3.05) is 19.8 Å². The monoisotopic (exact) mass is 326 g/mol. The smallest absolute Gasteiger partial charge is 0.330 e. The van der Waals surface area contributed by atoms with E-state index in [1.54, 1.807) is 40.7 Å². The predicted molar refractivity (Wildman–Crippen MR) is 85.5 cm³/mol. The van der Waals surface area contributed by atoms with E-state index in [1.807, 2.05) is 0 Å². The van der Waals surface area contributed by atoms with Gasteiger partial charge in [0.05, 0.1) is 18.6 Å². The van der Waals surface area contributed by atoms with Crippen LogP contribution in [0.1, 0.15) is 34.6 Å². The Morgan fingerprint density at radius 3 is 1.96 bits per heavy atom. The molecule has 0 bridgehead atoms. The van der Waals surface area contributed by atoms with Crippen molar-refractivity contribution in [3.8, 4) is 0 Å². The van der Waals surface area contributed by atoms with Crippen LogP contribution in [0.2, 0.25) is 0 Å². The first-order valence-electron chi connectivity index (χ1n) is 7.30. The van der Waals surface area contributed by atoms with Crippen LogP contribution in [0.25, 0.3) is 0 Å². The molecular formula is C17H26O6. The Morgan fingerprint density at radius 2 is 1.43 bits per heavy atom. The van der Waals surface area contributed by atoms with Crippen molar-refractivity contribution in [3.05, 3.63) is 24.8 Å². The first kappa shape index (κ1) is 20.9. The zero-order valence-corrected chi connectivity index (χ0v) is 14.5. The largest absolute Gasteiger partial charge is 0.464 e. The maximum absolute atomic E-state index is 12.1. The molecule has 0 aromatic carbocycles. The standard InChI is InChI=1S/C17H26O6/c1-7-9-14(19)22-12-17(5,6)15(20)23-11-16(3,4)10-21-13(18)8-2/h7-9H,2,10-12H2,1,3-6H3/b9-7+. The number of rotatable bonds is 9. The minimum absolute atomic E-state index is 0.0719. The third-order valence-electron chi connectivity index (χ3n) is 2.80. The van der Waals surface area contributed by atoms with Gasteiger partial charge in [-0.25, -0.2) is 9.59 Å². The SMILES string of the molecule is C=CC(=O)OCC(C)(C)COC(=O)C(C)(C)COC(=O)/C=C/C. The van der Waals surface area contributed by atoms with Crippen LogP contribution in [-0.2, 0) is 28.6 Å². The first-order chi connectivity index (χ1) is 10.5. The molecule has 130 valence electrons. The molecule has 0 aromatic rings. The molecule has 0 aliphatic carbocycles. The Balaban J connectivity index is 4.41. The highest BCUT2D eigenvalue weighted by Gasteiger charge is 2.33. The molecule has 0 rings (SSSR count). The second-order valence-corrected chi connectivity index (χ2v) is 6.54. The van der Waals surface area contributed by atoms with Gasteiger partial charge in [-0.2, -0.15) is 0 Å². The molecular weight excluding hydrogens is 300 g/mol. The molecule has 0 atom stereocenters. The van der Waals surface area contributed by atoms with Crippen LogP contribution < -0.4 is 0 Å². The summed E-state index contributed by atoms with van der Waals surface area (Å²) in [7, 11) is 0. The van der Waals surface area contributed by atoms with E-state index in [0.29, 0.717) is 0 Å². The molecule has 0 fully saturated rings. The molecule has 0 aliphatic heterocycles. The van der Waals surface area contributed by atoms with E-state index in [1.165, 1.54) is 6.08 Å². The van der Waals surface area contributed by atoms with Crippen molar-refractivity contribution in [1.82, 2.24) is 0 Å². The van der Waals surface area contributed by atoms with Crippen molar-refractivity contribution in [3.63, 3.8) is 0 Å². The van der Waals surface area contributed by atoms with Crippen LogP contribution in [0.4, 0.5) is 0 Å². The van der Waals surface area contributed by atoms with E-state index < -0.39 is 28.7 Å². The molecule has 0 spiro atoms. The van der Waals surface area contributed by atoms with Gasteiger partial charge in [-0.1, -0.05) is 26.5 Å². The second kappa shape index (κ2) is 9.12. The molecule has 0 amide bonds. The zero-order valence-electron chi connectivity index (χ0n) is 14.5. The fraction of sp³-hybridized carbons (Fsp3) is 0.588. The summed E-state index contributed by atoms with van der Waals surface area (Å²) in [5.74, 6) is -1.53. The average molecular weight is 326 g/mol. The summed E-state index contributed by atoms with van der Waals surface area (Å²) in [6.07, 6.45) is 3.91. The Bertz CT molecular complexity index is 473. The predicted octanol–water partition coefficient (Wildman–Crippen LogP) is 2.43. The minimum Gasteiger partial charge on any atom is -0.464 e. The number of allylic oxidation sites excluding steroid dienone is 1. The van der Waals surface area contributed by atoms with Gasteiger partial charge >= 0.3 is 17.9 Å². The number of esters is 3. The molecule has 0 N–H and O–H groups in total. The summed E-state index contributed by atoms with van der Waals surface area (Å²) >= 11 is 0. The molecule has 0 aromatic heterocycles. The summed E-state index contributed by atoms with van der Waals surface area (Å²) in [5, 5.41) is 0. The van der Waals surface area contributed by atoms with Gasteiger partial charge < -0.3 is 14.2 Å². The summed E-state index contributed by atoms with van der Waals surface area (Å²) in [5.41, 5.74) is -1.50. The quantitative estimate of drug-likeness (QED) is 0.368. The van der Waals surface area contributed by atoms with Crippen molar-refractivity contribution >= 4 is 17.9 Å². The van der Waals surface area contributed by atoms with E-state index >= 15 is 0 Å². The van der Waals surface area contributed by atoms with Crippen molar-refractivity contribution in [2.45, 2.75) is 34.6 Å². The molecule has 0 heterocycles. The highest BCUT2D eigenvalue weighted by atomic mass is 16.6. The Labute approximate surface area is 137 Å². The second-order valence-electron chi connectivity index (χ2n) is 6.54. The topological polar surface area (TPSA) is 78.9 Å². The summed E-state index contributed by atoms with van der Waals surface area (Å²) < 4.78 is 15.2. The third kappa shape index (κ3) is 8.80. The third-order valence-corrected chi connectivity index (χ3v) is 2.80. The van der Waals surface area contributed by atoms with Crippen LogP contribution in [0, 0.1) is 10.8 Å². The molecule has 0 saturated carbocycles. The molecule has 6 heteroatoms. The van der Waals surface area contributed by atoms with E-state index in [4.69, 9.17) is 14.2 Å². The number of carbonyl (C=O) groups is 3. The van der Waals surface area contributed by atoms with Crippen molar-refractivity contribution in [2.24, 2.45) is 10.8 Å². The summed E-state index contributed by atoms with van der Waals surface area (Å²) in [4.78, 5) is 34.5. The van der Waals surface area contributed by atoms with Gasteiger partial charge in [-0.3, -0.25) is 4.79 Å². The molecule has 0 unspecified atom stereocenters. The fourth-order valence-electron chi connectivity index (χ4n) is 1.32. The Kier molecular flexibility index (Phi) is 8.29. The van der Waals surface area contributed by atoms with Gasteiger partial charge in [0.2, 0.25) is 0 Å². The number of hydrogen-bond acceptors (Lipinski definition) is 6. The highest BCUT2D eigenvalue weighted by molar-refractivity contribution is 5.82. The van der Waals surface area contributed by atoms with E-state index in [-0.39, 0.29) is 19.8 Å². The molecule has 6 nitrogen and oxygen atoms in total. The highest BCUT2D eigenvalue weighted by Crippen LogP contribution is 2.22. The number of ether oxygens (including phenoxy) is 3. The molecule has 0 saturated heterocycles. The zero-order chi connectivity index (χ0) is 18.1. The summed E-state index contributed by atoms with van der Waals surface area (Å²) in [6, 6.07) is 0.